The number of benzene rings is 1. The number of alkyl halides is 1. The third kappa shape index (κ3) is 5.96. The number of carbonyl (C=O) groups excluding carboxylic acids is 1. The summed E-state index contributed by atoms with van der Waals surface area (Å²) in [6, 6.07) is 10.7. The third-order valence-corrected chi connectivity index (χ3v) is 4.14. The van der Waals surface area contributed by atoms with Crippen LogP contribution in [0, 0.1) is 0 Å². The highest BCUT2D eigenvalue weighted by Crippen LogP contribution is 2.25. The summed E-state index contributed by atoms with van der Waals surface area (Å²) in [6.07, 6.45) is 1.78. The van der Waals surface area contributed by atoms with Gasteiger partial charge in [-0.2, -0.15) is 0 Å². The van der Waals surface area contributed by atoms with Crippen LogP contribution in [0.25, 0.3) is 0 Å². The molecule has 114 valence electrons. The predicted molar refractivity (Wildman–Crippen MR) is 86.3 cm³/mol. The van der Waals surface area contributed by atoms with Crippen molar-refractivity contribution in [1.82, 2.24) is 0 Å². The Hall–Kier alpha value is -1.02. The van der Waals surface area contributed by atoms with Crippen molar-refractivity contribution in [2.24, 2.45) is 0 Å². The predicted octanol–water partition coefficient (Wildman–Crippen LogP) is 4.94. The van der Waals surface area contributed by atoms with Gasteiger partial charge in [-0.05, 0) is 30.7 Å². The monoisotopic (exact) mass is 298 g/mol. The fourth-order valence-electron chi connectivity index (χ4n) is 1.45. The van der Waals surface area contributed by atoms with Gasteiger partial charge in [0.1, 0.15) is 4.87 Å². The molecule has 0 aliphatic rings. The molecule has 0 aromatic heterocycles. The van der Waals surface area contributed by atoms with Crippen LogP contribution in [0.1, 0.15) is 53.0 Å². The fraction of sp³-hybridized carbons (Fsp3) is 0.588. The van der Waals surface area contributed by atoms with Crippen LogP contribution in [0.15, 0.2) is 30.3 Å². The van der Waals surface area contributed by atoms with Crippen molar-refractivity contribution >= 4 is 17.6 Å². The molecule has 20 heavy (non-hydrogen) atoms. The molecule has 2 nitrogen and oxygen atoms in total. The second-order valence-corrected chi connectivity index (χ2v) is 6.48. The quantitative estimate of drug-likeness (QED) is 0.581. The van der Waals surface area contributed by atoms with Crippen molar-refractivity contribution in [3.63, 3.8) is 0 Å². The van der Waals surface area contributed by atoms with Gasteiger partial charge in [0, 0.05) is 0 Å². The Morgan fingerprint density at radius 1 is 1.10 bits per heavy atom. The van der Waals surface area contributed by atoms with E-state index in [1.54, 1.807) is 6.92 Å². The molecule has 1 aromatic carbocycles. The molecule has 1 rings (SSSR count). The van der Waals surface area contributed by atoms with Crippen LogP contribution in [0.5, 0.6) is 0 Å². The maximum Gasteiger partial charge on any atom is 0.326 e. The zero-order valence-electron chi connectivity index (χ0n) is 13.5. The summed E-state index contributed by atoms with van der Waals surface area (Å²) in [5.41, 5.74) is 1.77. The topological polar surface area (TPSA) is 26.3 Å². The first kappa shape index (κ1) is 19.0. The van der Waals surface area contributed by atoms with Crippen molar-refractivity contribution in [3.05, 3.63) is 35.9 Å². The lowest BCUT2D eigenvalue weighted by Gasteiger charge is -2.22. The van der Waals surface area contributed by atoms with E-state index < -0.39 is 4.87 Å². The minimum atomic E-state index is -0.839. The van der Waals surface area contributed by atoms with E-state index in [1.165, 1.54) is 19.1 Å². The Bertz CT molecular complexity index is 397. The van der Waals surface area contributed by atoms with E-state index in [2.05, 4.69) is 55.8 Å². The van der Waals surface area contributed by atoms with E-state index in [4.69, 9.17) is 11.6 Å². The summed E-state index contributed by atoms with van der Waals surface area (Å²) in [5.74, 6) is -0.369. The summed E-state index contributed by atoms with van der Waals surface area (Å²) in [4.78, 5) is 9.87. The van der Waals surface area contributed by atoms with Gasteiger partial charge in [-0.1, -0.05) is 58.0 Å². The summed E-state index contributed by atoms with van der Waals surface area (Å²) < 4.78 is 4.44. The molecular weight excluding hydrogens is 272 g/mol. The van der Waals surface area contributed by atoms with Gasteiger partial charge < -0.3 is 4.74 Å². The number of esters is 1. The zero-order chi connectivity index (χ0) is 15.8. The molecule has 1 unspecified atom stereocenters. The number of halogens is 1. The lowest BCUT2D eigenvalue weighted by atomic mass is 9.82. The van der Waals surface area contributed by atoms with Gasteiger partial charge in [0.05, 0.1) is 7.11 Å². The highest BCUT2D eigenvalue weighted by Gasteiger charge is 2.28. The molecule has 0 spiro atoms. The Labute approximate surface area is 128 Å². The first-order chi connectivity index (χ1) is 9.21. The maximum absolute atomic E-state index is 10.7. The first-order valence-corrected chi connectivity index (χ1v) is 7.42. The Balaban J connectivity index is 0.000000370. The molecule has 0 saturated heterocycles. The van der Waals surface area contributed by atoms with E-state index in [-0.39, 0.29) is 5.97 Å². The summed E-state index contributed by atoms with van der Waals surface area (Å²) >= 11 is 5.70. The van der Waals surface area contributed by atoms with Gasteiger partial charge in [0.2, 0.25) is 0 Å². The van der Waals surface area contributed by atoms with E-state index in [1.807, 2.05) is 6.92 Å². The SMILES string of the molecule is CCC(C)(C)c1ccccc1.CCC(C)(Cl)C(=O)OC. The zero-order valence-corrected chi connectivity index (χ0v) is 14.3. The smallest absolute Gasteiger partial charge is 0.326 e. The van der Waals surface area contributed by atoms with Crippen LogP contribution in [0.2, 0.25) is 0 Å². The average Bonchev–Trinajstić information content (AvgIpc) is 2.47. The van der Waals surface area contributed by atoms with Crippen molar-refractivity contribution < 1.29 is 9.53 Å². The molecule has 0 amide bonds. The maximum atomic E-state index is 10.7. The number of ether oxygens (including phenoxy) is 1. The minimum Gasteiger partial charge on any atom is -0.468 e. The minimum absolute atomic E-state index is 0.335. The van der Waals surface area contributed by atoms with Gasteiger partial charge in [-0.3, -0.25) is 4.79 Å². The largest absolute Gasteiger partial charge is 0.468 e. The van der Waals surface area contributed by atoms with E-state index in [9.17, 15) is 4.79 Å². The molecule has 0 fully saturated rings. The molecule has 0 aliphatic carbocycles. The molecule has 0 heterocycles. The van der Waals surface area contributed by atoms with Crippen LogP contribution in [0.3, 0.4) is 0 Å². The molecule has 0 saturated carbocycles. The van der Waals surface area contributed by atoms with Gasteiger partial charge in [0.25, 0.3) is 0 Å². The molecule has 3 heteroatoms. The van der Waals surface area contributed by atoms with Crippen LogP contribution < -0.4 is 0 Å². The highest BCUT2D eigenvalue weighted by molar-refractivity contribution is 6.33. The number of hydrogen-bond donors (Lipinski definition) is 0. The normalized spacial score (nSPS) is 13.8. The Morgan fingerprint density at radius 2 is 1.60 bits per heavy atom. The van der Waals surface area contributed by atoms with E-state index >= 15 is 0 Å². The summed E-state index contributed by atoms with van der Waals surface area (Å²) in [5, 5.41) is 0. The van der Waals surface area contributed by atoms with Gasteiger partial charge in [0.15, 0.2) is 0 Å². The molecule has 0 N–H and O–H groups in total. The highest BCUT2D eigenvalue weighted by atomic mass is 35.5. The molecule has 0 radical (unpaired) electrons. The molecule has 1 atom stereocenters. The Kier molecular flexibility index (Phi) is 7.88. The average molecular weight is 299 g/mol. The summed E-state index contributed by atoms with van der Waals surface area (Å²) in [7, 11) is 1.33. The lowest BCUT2D eigenvalue weighted by molar-refractivity contribution is -0.143. The van der Waals surface area contributed by atoms with Crippen LogP contribution in [-0.4, -0.2) is 18.0 Å². The van der Waals surface area contributed by atoms with Crippen molar-refractivity contribution in [3.8, 4) is 0 Å². The van der Waals surface area contributed by atoms with Crippen molar-refractivity contribution in [2.75, 3.05) is 7.11 Å². The van der Waals surface area contributed by atoms with Crippen LogP contribution >= 0.6 is 11.6 Å². The number of rotatable bonds is 4. The van der Waals surface area contributed by atoms with Gasteiger partial charge in [-0.15, -0.1) is 11.6 Å². The van der Waals surface area contributed by atoms with E-state index in [0.717, 1.165) is 0 Å². The second-order valence-electron chi connectivity index (χ2n) is 5.65. The number of methoxy groups -OCH3 is 1. The van der Waals surface area contributed by atoms with E-state index in [0.29, 0.717) is 11.8 Å². The number of carbonyl (C=O) groups is 1. The fourth-order valence-corrected chi connectivity index (χ4v) is 1.53. The number of hydrogen-bond acceptors (Lipinski definition) is 2. The van der Waals surface area contributed by atoms with Gasteiger partial charge in [-0.25, -0.2) is 0 Å². The molecule has 0 aliphatic heterocycles. The van der Waals surface area contributed by atoms with Gasteiger partial charge >= 0.3 is 5.97 Å². The third-order valence-electron chi connectivity index (χ3n) is 3.71. The molecular formula is C17H27ClO2. The van der Waals surface area contributed by atoms with Crippen LogP contribution in [-0.2, 0) is 14.9 Å². The summed E-state index contributed by atoms with van der Waals surface area (Å²) in [6.45, 7) is 10.3. The molecule has 0 bridgehead atoms. The second kappa shape index (κ2) is 8.31. The lowest BCUT2D eigenvalue weighted by Crippen LogP contribution is -2.28. The molecule has 1 aromatic rings. The standard InChI is InChI=1S/C11H16.C6H11ClO2/c1-4-11(2,3)10-8-6-5-7-9-10;1-4-6(2,7)5(8)9-3/h5-9H,4H2,1-3H3;4H2,1-3H3. The Morgan fingerprint density at radius 3 is 1.90 bits per heavy atom. The van der Waals surface area contributed by atoms with Crippen LogP contribution in [0.4, 0.5) is 0 Å². The first-order valence-electron chi connectivity index (χ1n) is 7.04. The van der Waals surface area contributed by atoms with Crippen molar-refractivity contribution in [1.29, 1.82) is 0 Å². The van der Waals surface area contributed by atoms with Crippen molar-refractivity contribution in [2.45, 2.75) is 57.7 Å².